The lowest BCUT2D eigenvalue weighted by molar-refractivity contribution is 0.600. The average Bonchev–Trinajstić information content (AvgIpc) is 2.55. The lowest BCUT2D eigenvalue weighted by Crippen LogP contribution is -2.14. The minimum Gasteiger partial charge on any atom is -0.280 e. The fourth-order valence-corrected chi connectivity index (χ4v) is 3.84. The van der Waals surface area contributed by atoms with Gasteiger partial charge in [-0.15, -0.1) is 0 Å². The zero-order valence-electron chi connectivity index (χ0n) is 13.8. The molecule has 0 aliphatic heterocycles. The van der Waals surface area contributed by atoms with Gasteiger partial charge in [-0.2, -0.15) is 5.10 Å². The largest absolute Gasteiger partial charge is 0.280 e. The van der Waals surface area contributed by atoms with Crippen LogP contribution in [-0.4, -0.2) is 18.6 Å². The van der Waals surface area contributed by atoms with Gasteiger partial charge in [-0.3, -0.25) is 9.52 Å². The molecule has 2 aromatic carbocycles. The number of hydrogen-bond acceptors (Lipinski definition) is 4. The summed E-state index contributed by atoms with van der Waals surface area (Å²) in [5.41, 5.74) is 3.05. The van der Waals surface area contributed by atoms with Crippen LogP contribution in [0.1, 0.15) is 11.1 Å². The molecule has 6 nitrogen and oxygen atoms in total. The van der Waals surface area contributed by atoms with Crippen LogP contribution in [0.2, 0.25) is 0 Å². The Morgan fingerprint density at radius 2 is 1.80 bits per heavy atom. The second kappa shape index (κ2) is 6.52. The number of aryl methyl sites for hydroxylation is 2. The van der Waals surface area contributed by atoms with Crippen molar-refractivity contribution in [2.24, 2.45) is 0 Å². The SMILES string of the molecule is Cc1ccc(S(=O)(=O)Nc2cccc(-c3ccc(=O)[nH]n3)c2)c(C)c1. The van der Waals surface area contributed by atoms with E-state index >= 15 is 0 Å². The van der Waals surface area contributed by atoms with E-state index in [0.29, 0.717) is 22.5 Å². The number of aromatic amines is 1. The Hall–Kier alpha value is -2.93. The van der Waals surface area contributed by atoms with Crippen molar-refractivity contribution in [3.63, 3.8) is 0 Å². The van der Waals surface area contributed by atoms with E-state index in [-0.39, 0.29) is 10.5 Å². The van der Waals surface area contributed by atoms with Crippen LogP contribution in [-0.2, 0) is 10.0 Å². The summed E-state index contributed by atoms with van der Waals surface area (Å²) in [5.74, 6) is 0. The smallest absolute Gasteiger partial charge is 0.264 e. The molecule has 1 heterocycles. The Morgan fingerprint density at radius 3 is 2.48 bits per heavy atom. The number of H-pyrrole nitrogens is 1. The maximum Gasteiger partial charge on any atom is 0.264 e. The summed E-state index contributed by atoms with van der Waals surface area (Å²) >= 11 is 0. The first-order valence-electron chi connectivity index (χ1n) is 7.61. The highest BCUT2D eigenvalue weighted by Gasteiger charge is 2.17. The van der Waals surface area contributed by atoms with Crippen molar-refractivity contribution in [1.82, 2.24) is 10.2 Å². The van der Waals surface area contributed by atoms with Crippen LogP contribution in [0.3, 0.4) is 0 Å². The predicted molar refractivity (Wildman–Crippen MR) is 97.0 cm³/mol. The standard InChI is InChI=1S/C18H17N3O3S/c1-12-6-8-17(13(2)10-12)25(23,24)21-15-5-3-4-14(11-15)16-7-9-18(22)20-19-16/h3-11,21H,1-2H3,(H,20,22). The Morgan fingerprint density at radius 1 is 1.00 bits per heavy atom. The maximum atomic E-state index is 12.7. The highest BCUT2D eigenvalue weighted by Crippen LogP contribution is 2.24. The van der Waals surface area contributed by atoms with Crippen molar-refractivity contribution >= 4 is 15.7 Å². The molecule has 3 aromatic rings. The second-order valence-electron chi connectivity index (χ2n) is 5.76. The summed E-state index contributed by atoms with van der Waals surface area (Å²) in [6.45, 7) is 3.68. The van der Waals surface area contributed by atoms with Gasteiger partial charge >= 0.3 is 0 Å². The molecule has 0 saturated carbocycles. The topological polar surface area (TPSA) is 91.9 Å². The van der Waals surface area contributed by atoms with Crippen molar-refractivity contribution in [3.8, 4) is 11.3 Å². The van der Waals surface area contributed by atoms with Crippen molar-refractivity contribution in [3.05, 3.63) is 76.1 Å². The summed E-state index contributed by atoms with van der Waals surface area (Å²) in [5, 5.41) is 6.31. The summed E-state index contributed by atoms with van der Waals surface area (Å²) in [6, 6.07) is 15.0. The number of rotatable bonds is 4. The first-order chi connectivity index (χ1) is 11.8. The van der Waals surface area contributed by atoms with Gasteiger partial charge in [0.15, 0.2) is 0 Å². The van der Waals surface area contributed by atoms with E-state index < -0.39 is 10.0 Å². The Bertz CT molecular complexity index is 1070. The maximum absolute atomic E-state index is 12.7. The van der Waals surface area contributed by atoms with Crippen LogP contribution >= 0.6 is 0 Å². The molecule has 0 radical (unpaired) electrons. The quantitative estimate of drug-likeness (QED) is 0.753. The van der Waals surface area contributed by atoms with Crippen LogP contribution in [0.25, 0.3) is 11.3 Å². The van der Waals surface area contributed by atoms with E-state index in [0.717, 1.165) is 5.56 Å². The van der Waals surface area contributed by atoms with Crippen molar-refractivity contribution in [2.45, 2.75) is 18.7 Å². The highest BCUT2D eigenvalue weighted by molar-refractivity contribution is 7.92. The van der Waals surface area contributed by atoms with E-state index in [2.05, 4.69) is 14.9 Å². The Labute approximate surface area is 145 Å². The minimum absolute atomic E-state index is 0.241. The van der Waals surface area contributed by atoms with Crippen LogP contribution in [0, 0.1) is 13.8 Å². The Balaban J connectivity index is 1.94. The molecule has 25 heavy (non-hydrogen) atoms. The van der Waals surface area contributed by atoms with Crippen molar-refractivity contribution in [1.29, 1.82) is 0 Å². The van der Waals surface area contributed by atoms with Crippen molar-refractivity contribution < 1.29 is 8.42 Å². The minimum atomic E-state index is -3.69. The average molecular weight is 355 g/mol. The molecule has 0 bridgehead atoms. The molecule has 1 aromatic heterocycles. The third-order valence-corrected chi connectivity index (χ3v) is 5.25. The monoisotopic (exact) mass is 355 g/mol. The molecule has 2 N–H and O–H groups in total. The first-order valence-corrected chi connectivity index (χ1v) is 9.10. The number of nitrogens with one attached hydrogen (secondary N) is 2. The highest BCUT2D eigenvalue weighted by atomic mass is 32.2. The molecule has 0 amide bonds. The second-order valence-corrected chi connectivity index (χ2v) is 7.41. The molecule has 7 heteroatoms. The van der Waals surface area contributed by atoms with E-state index in [4.69, 9.17) is 0 Å². The molecule has 0 saturated heterocycles. The fraction of sp³-hybridized carbons (Fsp3) is 0.111. The molecule has 0 unspecified atom stereocenters. The molecule has 0 spiro atoms. The molecule has 0 fully saturated rings. The van der Waals surface area contributed by atoms with E-state index in [1.54, 1.807) is 49.4 Å². The first kappa shape index (κ1) is 16.9. The van der Waals surface area contributed by atoms with E-state index in [9.17, 15) is 13.2 Å². The summed E-state index contributed by atoms with van der Waals surface area (Å²) < 4.78 is 27.9. The predicted octanol–water partition coefficient (Wildman–Crippen LogP) is 2.85. The number of aromatic nitrogens is 2. The van der Waals surface area contributed by atoms with Crippen LogP contribution in [0.15, 0.2) is 64.3 Å². The summed E-state index contributed by atoms with van der Waals surface area (Å²) in [4.78, 5) is 11.4. The number of benzene rings is 2. The lowest BCUT2D eigenvalue weighted by atomic mass is 10.1. The molecule has 0 aliphatic carbocycles. The van der Waals surface area contributed by atoms with E-state index in [1.165, 1.54) is 6.07 Å². The molecule has 3 rings (SSSR count). The Kier molecular flexibility index (Phi) is 4.41. The fourth-order valence-electron chi connectivity index (χ4n) is 2.56. The van der Waals surface area contributed by atoms with Crippen LogP contribution in [0.4, 0.5) is 5.69 Å². The van der Waals surface area contributed by atoms with Gasteiger partial charge in [0.1, 0.15) is 0 Å². The summed E-state index contributed by atoms with van der Waals surface area (Å²) in [7, 11) is -3.69. The molecular formula is C18H17N3O3S. The van der Waals surface area contributed by atoms with Crippen LogP contribution in [0.5, 0.6) is 0 Å². The van der Waals surface area contributed by atoms with Gasteiger partial charge in [-0.1, -0.05) is 29.8 Å². The third-order valence-electron chi connectivity index (χ3n) is 3.71. The van der Waals surface area contributed by atoms with Gasteiger partial charge in [-0.05, 0) is 43.7 Å². The van der Waals surface area contributed by atoms with Gasteiger partial charge in [0.2, 0.25) is 0 Å². The number of anilines is 1. The molecule has 0 atom stereocenters. The van der Waals surface area contributed by atoms with Gasteiger partial charge in [-0.25, -0.2) is 13.5 Å². The normalized spacial score (nSPS) is 11.3. The number of nitrogens with zero attached hydrogens (tertiary/aromatic N) is 1. The van der Waals surface area contributed by atoms with Crippen LogP contribution < -0.4 is 10.3 Å². The molecular weight excluding hydrogens is 338 g/mol. The molecule has 128 valence electrons. The lowest BCUT2D eigenvalue weighted by Gasteiger charge is -2.12. The van der Waals surface area contributed by atoms with Gasteiger partial charge in [0.25, 0.3) is 15.6 Å². The number of sulfonamides is 1. The number of hydrogen-bond donors (Lipinski definition) is 2. The zero-order valence-corrected chi connectivity index (χ0v) is 14.6. The van der Waals surface area contributed by atoms with Gasteiger partial charge in [0.05, 0.1) is 10.6 Å². The van der Waals surface area contributed by atoms with Crippen molar-refractivity contribution in [2.75, 3.05) is 4.72 Å². The summed E-state index contributed by atoms with van der Waals surface area (Å²) in [6.07, 6.45) is 0. The van der Waals surface area contributed by atoms with Gasteiger partial charge in [0, 0.05) is 17.3 Å². The zero-order chi connectivity index (χ0) is 18.0. The van der Waals surface area contributed by atoms with Gasteiger partial charge < -0.3 is 0 Å². The van der Waals surface area contributed by atoms with E-state index in [1.807, 2.05) is 13.0 Å². The third kappa shape index (κ3) is 3.77. The molecule has 0 aliphatic rings.